The third-order valence-corrected chi connectivity index (χ3v) is 4.97. The average Bonchev–Trinajstić information content (AvgIpc) is 2.59. The van der Waals surface area contributed by atoms with Gasteiger partial charge in [-0.15, -0.1) is 0 Å². The van der Waals surface area contributed by atoms with Crippen LogP contribution in [0.2, 0.25) is 0 Å². The summed E-state index contributed by atoms with van der Waals surface area (Å²) >= 11 is 0. The predicted octanol–water partition coefficient (Wildman–Crippen LogP) is 1.67. The molecule has 1 aromatic rings. The second-order valence-electron chi connectivity index (χ2n) is 6.74. The van der Waals surface area contributed by atoms with Gasteiger partial charge in [0.05, 0.1) is 4.75 Å². The van der Waals surface area contributed by atoms with E-state index in [2.05, 4.69) is 10.1 Å². The van der Waals surface area contributed by atoms with Crippen LogP contribution in [0.3, 0.4) is 0 Å². The Balaban J connectivity index is 2.73. The van der Waals surface area contributed by atoms with Gasteiger partial charge in [0.25, 0.3) is 0 Å². The van der Waals surface area contributed by atoms with E-state index in [9.17, 15) is 13.2 Å². The van der Waals surface area contributed by atoms with Crippen molar-refractivity contribution < 1.29 is 22.5 Å². The summed E-state index contributed by atoms with van der Waals surface area (Å²) in [7, 11) is -3.41. The van der Waals surface area contributed by atoms with Crippen LogP contribution in [0.4, 0.5) is 0 Å². The van der Waals surface area contributed by atoms with E-state index in [0.29, 0.717) is 0 Å². The lowest BCUT2D eigenvalue weighted by Gasteiger charge is -2.18. The normalized spacial score (nSPS) is 13.2. The zero-order chi connectivity index (χ0) is 16.5. The molecule has 0 amide bonds. The fraction of sp³-hybridized carbons (Fsp3) is 0.769. The van der Waals surface area contributed by atoms with Crippen molar-refractivity contribution in [2.24, 2.45) is 0 Å². The zero-order valence-electron chi connectivity index (χ0n) is 13.3. The number of nitrogens with zero attached hydrogens (tertiary/aromatic N) is 2. The van der Waals surface area contributed by atoms with Crippen molar-refractivity contribution in [1.82, 2.24) is 10.1 Å². The first-order valence-corrected chi connectivity index (χ1v) is 8.21. The molecular formula is C13H22N2O5S. The largest absolute Gasteiger partial charge is 0.460 e. The van der Waals surface area contributed by atoms with Crippen LogP contribution in [-0.2, 0) is 31.5 Å². The van der Waals surface area contributed by atoms with E-state index in [1.165, 1.54) is 0 Å². The molecule has 120 valence electrons. The molecule has 7 nitrogen and oxygen atoms in total. The maximum absolute atomic E-state index is 12.0. The van der Waals surface area contributed by atoms with Crippen LogP contribution in [0.5, 0.6) is 0 Å². The highest BCUT2D eigenvalue weighted by atomic mass is 32.2. The summed E-state index contributed by atoms with van der Waals surface area (Å²) in [5.74, 6) is -0.752. The van der Waals surface area contributed by atoms with Crippen LogP contribution in [-0.4, -0.2) is 34.9 Å². The molecule has 0 fully saturated rings. The molecular weight excluding hydrogens is 296 g/mol. The van der Waals surface area contributed by atoms with Gasteiger partial charge in [-0.05, 0) is 41.5 Å². The second-order valence-corrected chi connectivity index (χ2v) is 9.48. The zero-order valence-corrected chi connectivity index (χ0v) is 14.1. The molecule has 0 saturated heterocycles. The van der Waals surface area contributed by atoms with Crippen LogP contribution >= 0.6 is 0 Å². The summed E-state index contributed by atoms with van der Waals surface area (Å²) in [6.07, 6.45) is -0.156. The summed E-state index contributed by atoms with van der Waals surface area (Å²) in [5, 5.41) is 3.60. The number of ether oxygens (including phenoxy) is 1. The van der Waals surface area contributed by atoms with Gasteiger partial charge in [-0.3, -0.25) is 4.79 Å². The SMILES string of the molecule is CC(C)(C)OC(=O)Cc1noc(CS(=O)(=O)C(C)(C)C)n1. The Hall–Kier alpha value is -1.44. The Kier molecular flexibility index (Phi) is 4.82. The first-order valence-electron chi connectivity index (χ1n) is 6.56. The summed E-state index contributed by atoms with van der Waals surface area (Å²) in [6, 6.07) is 0. The van der Waals surface area contributed by atoms with Crippen molar-refractivity contribution >= 4 is 15.8 Å². The van der Waals surface area contributed by atoms with Crippen molar-refractivity contribution in [2.75, 3.05) is 0 Å². The number of rotatable bonds is 4. The molecule has 0 N–H and O–H groups in total. The molecule has 1 rings (SSSR count). The Labute approximate surface area is 125 Å². The van der Waals surface area contributed by atoms with Crippen molar-refractivity contribution in [3.8, 4) is 0 Å². The molecule has 8 heteroatoms. The molecule has 0 radical (unpaired) electrons. The molecule has 21 heavy (non-hydrogen) atoms. The Morgan fingerprint density at radius 2 is 1.76 bits per heavy atom. The summed E-state index contributed by atoms with van der Waals surface area (Å²) in [4.78, 5) is 15.5. The number of carbonyl (C=O) groups excluding carboxylic acids is 1. The third kappa shape index (κ3) is 5.45. The highest BCUT2D eigenvalue weighted by Gasteiger charge is 2.31. The van der Waals surface area contributed by atoms with Gasteiger partial charge >= 0.3 is 5.97 Å². The molecule has 1 aromatic heterocycles. The van der Waals surface area contributed by atoms with Gasteiger partial charge in [-0.2, -0.15) is 4.98 Å². The molecule has 0 aliphatic carbocycles. The standard InChI is InChI=1S/C13H22N2O5S/c1-12(2,3)19-11(16)7-9-14-10(20-15-9)8-21(17,18)13(4,5)6/h7-8H2,1-6H3. The first kappa shape index (κ1) is 17.6. The number of sulfone groups is 1. The Morgan fingerprint density at radius 1 is 1.19 bits per heavy atom. The van der Waals surface area contributed by atoms with Crippen LogP contribution in [0.15, 0.2) is 4.52 Å². The molecule has 0 saturated carbocycles. The second kappa shape index (κ2) is 5.75. The van der Waals surface area contributed by atoms with Gasteiger partial charge in [0, 0.05) is 0 Å². The summed E-state index contributed by atoms with van der Waals surface area (Å²) < 4.78 is 33.1. The lowest BCUT2D eigenvalue weighted by molar-refractivity contribution is -0.154. The van der Waals surface area contributed by atoms with E-state index in [1.807, 2.05) is 0 Å². The molecule has 0 aliphatic rings. The summed E-state index contributed by atoms with van der Waals surface area (Å²) in [5.41, 5.74) is -0.598. The fourth-order valence-electron chi connectivity index (χ4n) is 1.31. The lowest BCUT2D eigenvalue weighted by atomic mass is 10.2. The van der Waals surface area contributed by atoms with Crippen LogP contribution < -0.4 is 0 Å². The third-order valence-electron chi connectivity index (χ3n) is 2.48. The van der Waals surface area contributed by atoms with Crippen LogP contribution in [0, 0.1) is 0 Å². The fourth-order valence-corrected chi connectivity index (χ4v) is 2.18. The number of carbonyl (C=O) groups is 1. The number of hydrogen-bond acceptors (Lipinski definition) is 7. The number of aromatic nitrogens is 2. The highest BCUT2D eigenvalue weighted by Crippen LogP contribution is 2.19. The number of hydrogen-bond donors (Lipinski definition) is 0. The Morgan fingerprint density at radius 3 is 2.24 bits per heavy atom. The molecule has 0 spiro atoms. The first-order chi connectivity index (χ1) is 9.30. The predicted molar refractivity (Wildman–Crippen MR) is 76.2 cm³/mol. The van der Waals surface area contributed by atoms with Gasteiger partial charge in [0.2, 0.25) is 5.89 Å². The van der Waals surface area contributed by atoms with Crippen molar-refractivity contribution in [1.29, 1.82) is 0 Å². The Bertz CT molecular complexity index is 605. The molecule has 0 bridgehead atoms. The van der Waals surface area contributed by atoms with Crippen LogP contribution in [0.25, 0.3) is 0 Å². The van der Waals surface area contributed by atoms with Crippen LogP contribution in [0.1, 0.15) is 53.3 Å². The molecule has 0 unspecified atom stereocenters. The van der Waals surface area contributed by atoms with E-state index in [4.69, 9.17) is 9.26 Å². The van der Waals surface area contributed by atoms with Gasteiger partial charge in [-0.1, -0.05) is 5.16 Å². The highest BCUT2D eigenvalue weighted by molar-refractivity contribution is 7.91. The minimum Gasteiger partial charge on any atom is -0.460 e. The van der Waals surface area contributed by atoms with Crippen molar-refractivity contribution in [2.45, 2.75) is 64.1 Å². The maximum Gasteiger partial charge on any atom is 0.314 e. The quantitative estimate of drug-likeness (QED) is 0.778. The van der Waals surface area contributed by atoms with E-state index in [0.717, 1.165) is 0 Å². The topological polar surface area (TPSA) is 99.4 Å². The van der Waals surface area contributed by atoms with Gasteiger partial charge < -0.3 is 9.26 Å². The lowest BCUT2D eigenvalue weighted by Crippen LogP contribution is -2.29. The minimum absolute atomic E-state index is 0.0246. The van der Waals surface area contributed by atoms with Gasteiger partial charge in [0.1, 0.15) is 17.8 Å². The van der Waals surface area contributed by atoms with E-state index in [1.54, 1.807) is 41.5 Å². The molecule has 0 aliphatic heterocycles. The molecule has 0 atom stereocenters. The minimum atomic E-state index is -3.41. The van der Waals surface area contributed by atoms with E-state index in [-0.39, 0.29) is 23.9 Å². The molecule has 1 heterocycles. The summed E-state index contributed by atoms with van der Waals surface area (Å²) in [6.45, 7) is 10.0. The van der Waals surface area contributed by atoms with E-state index >= 15 is 0 Å². The smallest absolute Gasteiger partial charge is 0.314 e. The monoisotopic (exact) mass is 318 g/mol. The van der Waals surface area contributed by atoms with Crippen molar-refractivity contribution in [3.05, 3.63) is 11.7 Å². The number of esters is 1. The van der Waals surface area contributed by atoms with E-state index < -0.39 is 26.2 Å². The van der Waals surface area contributed by atoms with Gasteiger partial charge in [0.15, 0.2) is 15.7 Å². The van der Waals surface area contributed by atoms with Gasteiger partial charge in [-0.25, -0.2) is 8.42 Å². The molecule has 0 aromatic carbocycles. The van der Waals surface area contributed by atoms with Crippen molar-refractivity contribution in [3.63, 3.8) is 0 Å². The average molecular weight is 318 g/mol. The maximum atomic E-state index is 12.0.